The first-order valence-corrected chi connectivity index (χ1v) is 4.52. The molecule has 0 bridgehead atoms. The lowest BCUT2D eigenvalue weighted by Gasteiger charge is -2.14. The van der Waals surface area contributed by atoms with Crippen molar-refractivity contribution in [2.45, 2.75) is 6.10 Å². The summed E-state index contributed by atoms with van der Waals surface area (Å²) in [7, 11) is 1.46. The van der Waals surface area contributed by atoms with Crippen LogP contribution >= 0.6 is 0 Å². The van der Waals surface area contributed by atoms with Crippen LogP contribution in [0.3, 0.4) is 0 Å². The molecule has 0 radical (unpaired) electrons. The molecule has 0 fully saturated rings. The molecule has 1 amide bonds. The van der Waals surface area contributed by atoms with Gasteiger partial charge in [-0.2, -0.15) is 5.26 Å². The number of hydrogen-bond acceptors (Lipinski definition) is 3. The number of rotatable bonds is 4. The van der Waals surface area contributed by atoms with Crippen LogP contribution in [0.2, 0.25) is 0 Å². The Morgan fingerprint density at radius 1 is 1.53 bits per heavy atom. The van der Waals surface area contributed by atoms with Gasteiger partial charge in [0.2, 0.25) is 0 Å². The summed E-state index contributed by atoms with van der Waals surface area (Å²) >= 11 is 0. The number of nitrogens with zero attached hydrogens (tertiary/aromatic N) is 1. The zero-order valence-corrected chi connectivity index (χ0v) is 8.43. The molecule has 0 aliphatic heterocycles. The number of methoxy groups -OCH3 is 1. The predicted molar refractivity (Wildman–Crippen MR) is 54.8 cm³/mol. The molecular weight excluding hydrogens is 192 g/mol. The molecule has 1 N–H and O–H groups in total. The number of nitriles is 1. The summed E-state index contributed by atoms with van der Waals surface area (Å²) in [6.07, 6.45) is -0.653. The van der Waals surface area contributed by atoms with E-state index in [4.69, 9.17) is 10.00 Å². The zero-order valence-electron chi connectivity index (χ0n) is 8.43. The van der Waals surface area contributed by atoms with Crippen molar-refractivity contribution in [2.24, 2.45) is 0 Å². The van der Waals surface area contributed by atoms with Gasteiger partial charge in [0.1, 0.15) is 6.54 Å². The highest BCUT2D eigenvalue weighted by molar-refractivity contribution is 5.82. The summed E-state index contributed by atoms with van der Waals surface area (Å²) in [6.45, 7) is -0.00841. The van der Waals surface area contributed by atoms with E-state index in [0.717, 1.165) is 5.56 Å². The van der Waals surface area contributed by atoms with Gasteiger partial charge < -0.3 is 10.1 Å². The van der Waals surface area contributed by atoms with Crippen LogP contribution in [0.15, 0.2) is 30.3 Å². The number of hydrogen-bond donors (Lipinski definition) is 1. The SMILES string of the molecule is CO[C@H](C(=O)NCC#N)c1ccccc1. The zero-order chi connectivity index (χ0) is 11.1. The Kier molecular flexibility index (Phi) is 4.32. The van der Waals surface area contributed by atoms with E-state index >= 15 is 0 Å². The number of ether oxygens (including phenoxy) is 1. The molecule has 0 aromatic heterocycles. The first-order valence-electron chi connectivity index (χ1n) is 4.52. The summed E-state index contributed by atoms with van der Waals surface area (Å²) in [5.41, 5.74) is 0.774. The molecule has 15 heavy (non-hydrogen) atoms. The second kappa shape index (κ2) is 5.78. The van der Waals surface area contributed by atoms with Gasteiger partial charge in [0, 0.05) is 7.11 Å². The van der Waals surface area contributed by atoms with Crippen LogP contribution in [0.1, 0.15) is 11.7 Å². The Hall–Kier alpha value is -1.86. The molecule has 1 atom stereocenters. The van der Waals surface area contributed by atoms with Crippen LogP contribution in [0.25, 0.3) is 0 Å². The van der Waals surface area contributed by atoms with E-state index in [1.165, 1.54) is 7.11 Å². The summed E-state index contributed by atoms with van der Waals surface area (Å²) in [4.78, 5) is 11.5. The van der Waals surface area contributed by atoms with Crippen LogP contribution in [0.4, 0.5) is 0 Å². The molecule has 0 unspecified atom stereocenters. The molecule has 0 heterocycles. The molecule has 0 saturated carbocycles. The van der Waals surface area contributed by atoms with Crippen molar-refractivity contribution in [3.05, 3.63) is 35.9 Å². The largest absolute Gasteiger partial charge is 0.367 e. The van der Waals surface area contributed by atoms with Crippen molar-refractivity contribution in [3.63, 3.8) is 0 Å². The van der Waals surface area contributed by atoms with Gasteiger partial charge in [0.15, 0.2) is 6.10 Å². The number of nitrogens with one attached hydrogen (secondary N) is 1. The second-order valence-electron chi connectivity index (χ2n) is 2.90. The lowest BCUT2D eigenvalue weighted by Crippen LogP contribution is -2.30. The van der Waals surface area contributed by atoms with E-state index < -0.39 is 6.10 Å². The van der Waals surface area contributed by atoms with E-state index in [2.05, 4.69) is 5.32 Å². The molecule has 78 valence electrons. The molecule has 1 aromatic rings. The Balaban J connectivity index is 2.72. The molecule has 1 rings (SSSR count). The normalized spacial score (nSPS) is 11.5. The second-order valence-corrected chi connectivity index (χ2v) is 2.90. The molecular formula is C11H12N2O2. The molecule has 0 spiro atoms. The van der Waals surface area contributed by atoms with Gasteiger partial charge in [0.05, 0.1) is 6.07 Å². The van der Waals surface area contributed by atoms with E-state index in [-0.39, 0.29) is 12.5 Å². The van der Waals surface area contributed by atoms with Crippen LogP contribution in [0, 0.1) is 11.3 Å². The standard InChI is InChI=1S/C11H12N2O2/c1-15-10(11(14)13-8-7-12)9-5-3-2-4-6-9/h2-6,10H,8H2,1H3,(H,13,14)/t10-/m0/s1. The number of benzene rings is 1. The molecule has 0 saturated heterocycles. The first-order chi connectivity index (χ1) is 7.29. The van der Waals surface area contributed by atoms with Gasteiger partial charge in [-0.1, -0.05) is 30.3 Å². The highest BCUT2D eigenvalue weighted by Gasteiger charge is 2.18. The topological polar surface area (TPSA) is 62.1 Å². The first kappa shape index (κ1) is 11.2. The van der Waals surface area contributed by atoms with E-state index in [9.17, 15) is 4.79 Å². The molecule has 0 aliphatic carbocycles. The summed E-state index contributed by atoms with van der Waals surface area (Å²) in [5, 5.41) is 10.8. The van der Waals surface area contributed by atoms with Gasteiger partial charge in [-0.15, -0.1) is 0 Å². The third-order valence-corrected chi connectivity index (χ3v) is 1.92. The molecule has 4 nitrogen and oxygen atoms in total. The monoisotopic (exact) mass is 204 g/mol. The molecule has 1 aromatic carbocycles. The van der Waals surface area contributed by atoms with Crippen molar-refractivity contribution >= 4 is 5.91 Å². The van der Waals surface area contributed by atoms with Crippen molar-refractivity contribution in [2.75, 3.05) is 13.7 Å². The van der Waals surface area contributed by atoms with E-state index in [0.29, 0.717) is 0 Å². The Morgan fingerprint density at radius 2 is 2.20 bits per heavy atom. The highest BCUT2D eigenvalue weighted by atomic mass is 16.5. The Morgan fingerprint density at radius 3 is 2.73 bits per heavy atom. The number of carbonyl (C=O) groups excluding carboxylic acids is 1. The van der Waals surface area contributed by atoms with Crippen LogP contribution in [-0.2, 0) is 9.53 Å². The van der Waals surface area contributed by atoms with Crippen molar-refractivity contribution in [1.82, 2.24) is 5.32 Å². The summed E-state index contributed by atoms with van der Waals surface area (Å²) < 4.78 is 5.07. The lowest BCUT2D eigenvalue weighted by molar-refractivity contribution is -0.131. The maximum Gasteiger partial charge on any atom is 0.254 e. The Bertz CT molecular complexity index is 357. The van der Waals surface area contributed by atoms with Crippen molar-refractivity contribution in [3.8, 4) is 6.07 Å². The number of amides is 1. The van der Waals surface area contributed by atoms with Crippen molar-refractivity contribution < 1.29 is 9.53 Å². The quantitative estimate of drug-likeness (QED) is 0.744. The fraction of sp³-hybridized carbons (Fsp3) is 0.273. The van der Waals surface area contributed by atoms with E-state index in [1.807, 2.05) is 24.3 Å². The third kappa shape index (κ3) is 3.08. The van der Waals surface area contributed by atoms with Crippen molar-refractivity contribution in [1.29, 1.82) is 5.26 Å². The average molecular weight is 204 g/mol. The lowest BCUT2D eigenvalue weighted by atomic mass is 10.1. The fourth-order valence-electron chi connectivity index (χ4n) is 1.24. The van der Waals surface area contributed by atoms with Gasteiger partial charge >= 0.3 is 0 Å². The van der Waals surface area contributed by atoms with Gasteiger partial charge in [-0.3, -0.25) is 4.79 Å². The minimum Gasteiger partial charge on any atom is -0.367 e. The van der Waals surface area contributed by atoms with Gasteiger partial charge in [-0.05, 0) is 5.56 Å². The summed E-state index contributed by atoms with van der Waals surface area (Å²) in [5.74, 6) is -0.301. The Labute approximate surface area is 88.5 Å². The molecule has 0 aliphatic rings. The van der Waals surface area contributed by atoms with Gasteiger partial charge in [0.25, 0.3) is 5.91 Å². The van der Waals surface area contributed by atoms with Crippen LogP contribution in [0.5, 0.6) is 0 Å². The maximum absolute atomic E-state index is 11.5. The third-order valence-electron chi connectivity index (χ3n) is 1.92. The highest BCUT2D eigenvalue weighted by Crippen LogP contribution is 2.15. The number of carbonyl (C=O) groups is 1. The minimum absolute atomic E-state index is 0.00841. The smallest absolute Gasteiger partial charge is 0.254 e. The minimum atomic E-state index is -0.653. The average Bonchev–Trinajstić information content (AvgIpc) is 2.29. The van der Waals surface area contributed by atoms with E-state index in [1.54, 1.807) is 12.1 Å². The summed E-state index contributed by atoms with van der Waals surface area (Å²) in [6, 6.07) is 11.0. The molecule has 4 heteroatoms. The van der Waals surface area contributed by atoms with Crippen LogP contribution < -0.4 is 5.32 Å². The predicted octanol–water partition coefficient (Wildman–Crippen LogP) is 1.01. The maximum atomic E-state index is 11.5. The van der Waals surface area contributed by atoms with Crippen LogP contribution in [-0.4, -0.2) is 19.6 Å². The fourth-order valence-corrected chi connectivity index (χ4v) is 1.24. The van der Waals surface area contributed by atoms with Gasteiger partial charge in [-0.25, -0.2) is 0 Å².